The van der Waals surface area contributed by atoms with Gasteiger partial charge in [0.2, 0.25) is 0 Å². The van der Waals surface area contributed by atoms with Gasteiger partial charge in [0.1, 0.15) is 17.3 Å². The van der Waals surface area contributed by atoms with E-state index in [-0.39, 0.29) is 11.6 Å². The maximum absolute atomic E-state index is 13.1. The molecular formula is C21H15ClFN3O. The number of aromatic hydroxyl groups is 1. The minimum atomic E-state index is -0.250. The number of hydrogen-bond donors (Lipinski definition) is 1. The molecule has 2 aromatic heterocycles. The summed E-state index contributed by atoms with van der Waals surface area (Å²) < 4.78 is 13.1. The van der Waals surface area contributed by atoms with E-state index in [4.69, 9.17) is 11.6 Å². The summed E-state index contributed by atoms with van der Waals surface area (Å²) in [7, 11) is 0. The molecular weight excluding hydrogens is 365 g/mol. The normalized spacial score (nSPS) is 11.0. The van der Waals surface area contributed by atoms with E-state index >= 15 is 0 Å². The van der Waals surface area contributed by atoms with Gasteiger partial charge in [0.15, 0.2) is 0 Å². The molecule has 0 aliphatic rings. The Kier molecular flexibility index (Phi) is 4.69. The summed E-state index contributed by atoms with van der Waals surface area (Å²) in [5.74, 6) is -0.200. The topological polar surface area (TPSA) is 58.9 Å². The number of rotatable bonds is 4. The Morgan fingerprint density at radius 3 is 2.52 bits per heavy atom. The summed E-state index contributed by atoms with van der Waals surface area (Å²) in [6, 6.07) is 13.2. The second-order valence-corrected chi connectivity index (χ2v) is 6.64. The van der Waals surface area contributed by atoms with Crippen LogP contribution < -0.4 is 0 Å². The second kappa shape index (κ2) is 7.29. The molecule has 27 heavy (non-hydrogen) atoms. The number of phenolic OH excluding ortho intramolecular Hbond substituents is 1. The largest absolute Gasteiger partial charge is 0.507 e. The Morgan fingerprint density at radius 2 is 1.74 bits per heavy atom. The molecule has 0 atom stereocenters. The van der Waals surface area contributed by atoms with Crippen molar-refractivity contribution in [2.24, 2.45) is 0 Å². The van der Waals surface area contributed by atoms with Crippen molar-refractivity contribution in [3.8, 4) is 17.0 Å². The average molecular weight is 380 g/mol. The van der Waals surface area contributed by atoms with Crippen LogP contribution in [-0.2, 0) is 12.8 Å². The van der Waals surface area contributed by atoms with Crippen LogP contribution >= 0.6 is 11.6 Å². The number of aromatic nitrogens is 3. The summed E-state index contributed by atoms with van der Waals surface area (Å²) in [6.45, 7) is 0. The van der Waals surface area contributed by atoms with E-state index in [2.05, 4.69) is 15.2 Å². The van der Waals surface area contributed by atoms with E-state index in [1.807, 2.05) is 6.07 Å². The van der Waals surface area contributed by atoms with Crippen LogP contribution in [0.15, 0.2) is 60.9 Å². The smallest absolute Gasteiger partial charge is 0.126 e. The molecule has 1 N–H and O–H groups in total. The number of halogens is 2. The lowest BCUT2D eigenvalue weighted by Gasteiger charge is -2.10. The zero-order chi connectivity index (χ0) is 18.8. The van der Waals surface area contributed by atoms with Crippen molar-refractivity contribution < 1.29 is 9.50 Å². The second-order valence-electron chi connectivity index (χ2n) is 6.20. The van der Waals surface area contributed by atoms with Crippen molar-refractivity contribution in [3.05, 3.63) is 83.0 Å². The van der Waals surface area contributed by atoms with Crippen LogP contribution in [-0.4, -0.2) is 20.3 Å². The quantitative estimate of drug-likeness (QED) is 0.543. The van der Waals surface area contributed by atoms with Crippen molar-refractivity contribution in [2.75, 3.05) is 0 Å². The molecule has 0 bridgehead atoms. The molecule has 4 rings (SSSR count). The first-order valence-corrected chi connectivity index (χ1v) is 8.82. The summed E-state index contributed by atoms with van der Waals surface area (Å²) in [6.07, 6.45) is 4.79. The van der Waals surface area contributed by atoms with Gasteiger partial charge < -0.3 is 5.11 Å². The monoisotopic (exact) mass is 379 g/mol. The fourth-order valence-corrected chi connectivity index (χ4v) is 3.22. The minimum Gasteiger partial charge on any atom is -0.507 e. The average Bonchev–Trinajstić information content (AvgIpc) is 2.68. The molecule has 0 aliphatic heterocycles. The van der Waals surface area contributed by atoms with E-state index < -0.39 is 0 Å². The molecule has 2 aromatic carbocycles. The number of phenols is 1. The molecule has 0 saturated heterocycles. The van der Waals surface area contributed by atoms with Crippen molar-refractivity contribution >= 4 is 22.4 Å². The van der Waals surface area contributed by atoms with Crippen LogP contribution in [0.1, 0.15) is 11.3 Å². The summed E-state index contributed by atoms with van der Waals surface area (Å²) >= 11 is 5.93. The Bertz CT molecular complexity index is 1120. The first-order chi connectivity index (χ1) is 13.1. The number of hydrogen-bond acceptors (Lipinski definition) is 4. The first-order valence-electron chi connectivity index (χ1n) is 8.44. The van der Waals surface area contributed by atoms with Gasteiger partial charge in [-0.1, -0.05) is 23.7 Å². The van der Waals surface area contributed by atoms with Crippen LogP contribution in [0.25, 0.3) is 22.0 Å². The van der Waals surface area contributed by atoms with Gasteiger partial charge in [-0.05, 0) is 54.8 Å². The van der Waals surface area contributed by atoms with E-state index in [1.54, 1.807) is 36.7 Å². The Hall–Kier alpha value is -3.05. The van der Waals surface area contributed by atoms with Crippen molar-refractivity contribution in [1.82, 2.24) is 15.2 Å². The highest BCUT2D eigenvalue weighted by Crippen LogP contribution is 2.34. The third-order valence-electron chi connectivity index (χ3n) is 4.44. The number of aryl methyl sites for hydroxylation is 2. The Morgan fingerprint density at radius 1 is 0.926 bits per heavy atom. The zero-order valence-corrected chi connectivity index (χ0v) is 15.0. The molecule has 4 nitrogen and oxygen atoms in total. The fourth-order valence-electron chi connectivity index (χ4n) is 3.05. The minimum absolute atomic E-state index is 0.0500. The predicted octanol–water partition coefficient (Wildman–Crippen LogP) is 4.98. The summed E-state index contributed by atoms with van der Waals surface area (Å²) in [4.78, 5) is 4.21. The predicted molar refractivity (Wildman–Crippen MR) is 103 cm³/mol. The lowest BCUT2D eigenvalue weighted by molar-refractivity contribution is 0.477. The molecule has 0 unspecified atom stereocenters. The molecule has 6 heteroatoms. The van der Waals surface area contributed by atoms with Gasteiger partial charge in [-0.2, -0.15) is 5.10 Å². The van der Waals surface area contributed by atoms with Crippen LogP contribution in [0.3, 0.4) is 0 Å². The van der Waals surface area contributed by atoms with Gasteiger partial charge in [-0.3, -0.25) is 4.98 Å². The van der Waals surface area contributed by atoms with Gasteiger partial charge in [0.25, 0.3) is 0 Å². The third-order valence-corrected chi connectivity index (χ3v) is 4.67. The highest BCUT2D eigenvalue weighted by Gasteiger charge is 2.14. The standard InChI is InChI=1S/C21H15ClFN3O/c22-14-4-7-17(20(27)11-14)21-16-9-10-24-12-18(16)19(25-26-21)8-3-13-1-5-15(23)6-2-13/h1-2,4-7,9-12,27H,3,8H2. The van der Waals surface area contributed by atoms with Crippen molar-refractivity contribution in [3.63, 3.8) is 0 Å². The molecule has 2 heterocycles. The van der Waals surface area contributed by atoms with Crippen LogP contribution in [0.5, 0.6) is 5.75 Å². The first kappa shape index (κ1) is 17.4. The molecule has 0 radical (unpaired) electrons. The molecule has 134 valence electrons. The van der Waals surface area contributed by atoms with Crippen LogP contribution in [0, 0.1) is 5.82 Å². The van der Waals surface area contributed by atoms with E-state index in [0.29, 0.717) is 29.1 Å². The van der Waals surface area contributed by atoms with E-state index in [9.17, 15) is 9.50 Å². The summed E-state index contributed by atoms with van der Waals surface area (Å²) in [5, 5.41) is 21.2. The number of fused-ring (bicyclic) bond motifs is 1. The van der Waals surface area contributed by atoms with Crippen LogP contribution in [0.4, 0.5) is 4.39 Å². The zero-order valence-electron chi connectivity index (χ0n) is 14.2. The van der Waals surface area contributed by atoms with Crippen molar-refractivity contribution in [2.45, 2.75) is 12.8 Å². The lowest BCUT2D eigenvalue weighted by Crippen LogP contribution is -2.01. The number of nitrogens with zero attached hydrogens (tertiary/aromatic N) is 3. The molecule has 4 aromatic rings. The maximum atomic E-state index is 13.1. The Labute approximate surface area is 160 Å². The van der Waals surface area contributed by atoms with E-state index in [0.717, 1.165) is 22.0 Å². The van der Waals surface area contributed by atoms with Gasteiger partial charge in [-0.25, -0.2) is 4.39 Å². The highest BCUT2D eigenvalue weighted by atomic mass is 35.5. The van der Waals surface area contributed by atoms with Crippen LogP contribution in [0.2, 0.25) is 5.02 Å². The molecule has 0 fully saturated rings. The van der Waals surface area contributed by atoms with Gasteiger partial charge in [0.05, 0.1) is 5.69 Å². The van der Waals surface area contributed by atoms with Gasteiger partial charge >= 0.3 is 0 Å². The van der Waals surface area contributed by atoms with Gasteiger partial charge in [-0.15, -0.1) is 5.10 Å². The molecule has 0 amide bonds. The van der Waals surface area contributed by atoms with E-state index in [1.165, 1.54) is 18.2 Å². The number of benzene rings is 2. The highest BCUT2D eigenvalue weighted by molar-refractivity contribution is 6.30. The number of pyridine rings is 1. The van der Waals surface area contributed by atoms with Gasteiger partial charge in [0, 0.05) is 33.8 Å². The summed E-state index contributed by atoms with van der Waals surface area (Å²) in [5.41, 5.74) is 2.97. The molecule has 0 saturated carbocycles. The fraction of sp³-hybridized carbons (Fsp3) is 0.0952. The third kappa shape index (κ3) is 3.59. The Balaban J connectivity index is 1.73. The molecule has 0 aliphatic carbocycles. The maximum Gasteiger partial charge on any atom is 0.126 e. The molecule has 0 spiro atoms. The van der Waals surface area contributed by atoms with Crippen molar-refractivity contribution in [1.29, 1.82) is 0 Å². The lowest BCUT2D eigenvalue weighted by atomic mass is 10.0. The SMILES string of the molecule is Oc1cc(Cl)ccc1-c1nnc(CCc2ccc(F)cc2)c2cnccc12.